The van der Waals surface area contributed by atoms with Gasteiger partial charge in [-0.15, -0.1) is 0 Å². The average molecular weight is 363 g/mol. The third kappa shape index (κ3) is 2.73. The van der Waals surface area contributed by atoms with Crippen LogP contribution in [-0.4, -0.2) is 50.7 Å². The lowest BCUT2D eigenvalue weighted by atomic mass is 10.1. The molecule has 1 fully saturated rings. The molecule has 4 aromatic rings. The summed E-state index contributed by atoms with van der Waals surface area (Å²) in [6.45, 7) is 5.38. The lowest BCUT2D eigenvalue weighted by Crippen LogP contribution is -2.47. The van der Waals surface area contributed by atoms with Crippen LogP contribution in [0.5, 0.6) is 0 Å². The molecule has 27 heavy (non-hydrogen) atoms. The monoisotopic (exact) mass is 363 g/mol. The fourth-order valence-electron chi connectivity index (χ4n) is 3.69. The number of hydrogen-bond donors (Lipinski definition) is 0. The first-order valence-electron chi connectivity index (χ1n) is 8.90. The number of hydrogen-bond acceptors (Lipinski definition) is 6. The van der Waals surface area contributed by atoms with Gasteiger partial charge in [-0.1, -0.05) is 0 Å². The van der Waals surface area contributed by atoms with Crippen LogP contribution in [-0.2, 0) is 0 Å². The lowest BCUT2D eigenvalue weighted by molar-refractivity contribution is 0.629. The van der Waals surface area contributed by atoms with E-state index >= 15 is 0 Å². The minimum absolute atomic E-state index is 0.262. The topological polar surface area (TPSA) is 62.5 Å². The van der Waals surface area contributed by atoms with Gasteiger partial charge < -0.3 is 9.80 Å². The molecule has 0 unspecified atom stereocenters. The van der Waals surface area contributed by atoms with Crippen molar-refractivity contribution in [2.45, 2.75) is 6.92 Å². The summed E-state index contributed by atoms with van der Waals surface area (Å²) in [5.74, 6) is 1.37. The van der Waals surface area contributed by atoms with Crippen molar-refractivity contribution in [3.63, 3.8) is 0 Å². The highest BCUT2D eigenvalue weighted by molar-refractivity contribution is 5.91. The Morgan fingerprint density at radius 3 is 2.63 bits per heavy atom. The smallest absolute Gasteiger partial charge is 0.254 e. The van der Waals surface area contributed by atoms with E-state index in [9.17, 15) is 4.39 Å². The number of benzene rings is 1. The second-order valence-corrected chi connectivity index (χ2v) is 6.69. The summed E-state index contributed by atoms with van der Waals surface area (Å²) in [6, 6.07) is 8.83. The molecule has 0 radical (unpaired) electrons. The number of rotatable bonds is 2. The van der Waals surface area contributed by atoms with Gasteiger partial charge in [-0.2, -0.15) is 14.6 Å². The van der Waals surface area contributed by atoms with Gasteiger partial charge in [0.15, 0.2) is 0 Å². The van der Waals surface area contributed by atoms with Crippen molar-refractivity contribution in [2.24, 2.45) is 0 Å². The molecule has 0 amide bonds. The molecule has 0 aliphatic carbocycles. The van der Waals surface area contributed by atoms with Crippen molar-refractivity contribution in [3.05, 3.63) is 54.4 Å². The number of halogens is 1. The lowest BCUT2D eigenvalue weighted by Gasteiger charge is -2.37. The van der Waals surface area contributed by atoms with Gasteiger partial charge in [-0.05, 0) is 25.1 Å². The van der Waals surface area contributed by atoms with Gasteiger partial charge in [-0.25, -0.2) is 9.37 Å². The average Bonchev–Trinajstić information content (AvgIpc) is 3.15. The van der Waals surface area contributed by atoms with Gasteiger partial charge in [0, 0.05) is 61.3 Å². The van der Waals surface area contributed by atoms with Crippen LogP contribution in [0.4, 0.5) is 15.9 Å². The number of aryl methyl sites for hydroxylation is 1. The number of fused-ring (bicyclic) bond motifs is 2. The molecule has 0 N–H and O–H groups in total. The summed E-state index contributed by atoms with van der Waals surface area (Å²) >= 11 is 0. The molecule has 7 nitrogen and oxygen atoms in total. The maximum atomic E-state index is 13.5. The molecule has 8 heteroatoms. The molecular formula is C19H18FN7. The van der Waals surface area contributed by atoms with Crippen LogP contribution in [0.3, 0.4) is 0 Å². The van der Waals surface area contributed by atoms with Crippen molar-refractivity contribution >= 4 is 28.2 Å². The summed E-state index contributed by atoms with van der Waals surface area (Å²) in [6.07, 6.45) is 3.28. The van der Waals surface area contributed by atoms with Gasteiger partial charge in [0.2, 0.25) is 0 Å². The maximum absolute atomic E-state index is 13.5. The first kappa shape index (κ1) is 15.9. The molecule has 0 atom stereocenters. The van der Waals surface area contributed by atoms with Crippen molar-refractivity contribution in [1.82, 2.24) is 24.6 Å². The van der Waals surface area contributed by atoms with Crippen LogP contribution in [0.15, 0.2) is 42.9 Å². The third-order valence-corrected chi connectivity index (χ3v) is 4.99. The van der Waals surface area contributed by atoms with Crippen LogP contribution in [0.2, 0.25) is 0 Å². The predicted molar refractivity (Wildman–Crippen MR) is 102 cm³/mol. The highest BCUT2D eigenvalue weighted by Crippen LogP contribution is 2.28. The van der Waals surface area contributed by atoms with E-state index in [4.69, 9.17) is 0 Å². The molecular weight excluding hydrogens is 345 g/mol. The van der Waals surface area contributed by atoms with E-state index in [1.807, 2.05) is 25.1 Å². The summed E-state index contributed by atoms with van der Waals surface area (Å²) in [4.78, 5) is 17.5. The van der Waals surface area contributed by atoms with E-state index in [1.54, 1.807) is 10.7 Å². The molecule has 1 aliphatic heterocycles. The highest BCUT2D eigenvalue weighted by Gasteiger charge is 2.21. The molecule has 0 bridgehead atoms. The molecule has 1 saturated heterocycles. The minimum Gasteiger partial charge on any atom is -0.367 e. The summed E-state index contributed by atoms with van der Waals surface area (Å²) in [5.41, 5.74) is 2.70. The summed E-state index contributed by atoms with van der Waals surface area (Å²) in [5, 5.41) is 5.28. The van der Waals surface area contributed by atoms with Crippen molar-refractivity contribution < 1.29 is 4.39 Å². The van der Waals surface area contributed by atoms with E-state index in [2.05, 4.69) is 29.9 Å². The third-order valence-electron chi connectivity index (χ3n) is 4.99. The van der Waals surface area contributed by atoms with E-state index in [0.29, 0.717) is 11.3 Å². The minimum atomic E-state index is -0.262. The molecule has 0 spiro atoms. The molecule has 0 saturated carbocycles. The zero-order chi connectivity index (χ0) is 18.4. The Labute approximate surface area is 155 Å². The van der Waals surface area contributed by atoms with Crippen LogP contribution in [0, 0.1) is 12.7 Å². The zero-order valence-corrected chi connectivity index (χ0v) is 14.9. The van der Waals surface area contributed by atoms with Crippen LogP contribution < -0.4 is 9.80 Å². The normalized spacial score (nSPS) is 15.0. The van der Waals surface area contributed by atoms with Gasteiger partial charge >= 0.3 is 0 Å². The predicted octanol–water partition coefficient (Wildman–Crippen LogP) is 2.45. The molecule has 1 aromatic carbocycles. The second kappa shape index (κ2) is 6.15. The number of nitrogens with zero attached hydrogens (tertiary/aromatic N) is 7. The maximum Gasteiger partial charge on any atom is 0.254 e. The van der Waals surface area contributed by atoms with Crippen LogP contribution in [0.25, 0.3) is 16.7 Å². The fourth-order valence-corrected chi connectivity index (χ4v) is 3.69. The van der Waals surface area contributed by atoms with E-state index in [0.717, 1.165) is 48.8 Å². The standard InChI is InChI=1S/C19H18FN7/c1-13-10-18(27-19(24-13)22-12-23-27)26-8-6-25(7-9-26)17-4-5-21-16-11-14(20)2-3-15(16)17/h2-5,10-12H,6-9H2,1H3. The molecule has 1 aliphatic rings. The first-order chi connectivity index (χ1) is 13.2. The van der Waals surface area contributed by atoms with Gasteiger partial charge in [0.1, 0.15) is 18.0 Å². The fraction of sp³-hybridized carbons (Fsp3) is 0.263. The van der Waals surface area contributed by atoms with Gasteiger partial charge in [0.05, 0.1) is 5.52 Å². The van der Waals surface area contributed by atoms with E-state index in [-0.39, 0.29) is 5.82 Å². The Balaban J connectivity index is 1.43. The quantitative estimate of drug-likeness (QED) is 0.545. The van der Waals surface area contributed by atoms with Crippen molar-refractivity contribution in [1.29, 1.82) is 0 Å². The van der Waals surface area contributed by atoms with Crippen LogP contribution in [0.1, 0.15) is 5.69 Å². The summed E-state index contributed by atoms with van der Waals surface area (Å²) in [7, 11) is 0. The van der Waals surface area contributed by atoms with Crippen molar-refractivity contribution in [2.75, 3.05) is 36.0 Å². The van der Waals surface area contributed by atoms with E-state index < -0.39 is 0 Å². The summed E-state index contributed by atoms with van der Waals surface area (Å²) < 4.78 is 15.3. The molecule has 4 heterocycles. The Morgan fingerprint density at radius 1 is 0.963 bits per heavy atom. The SMILES string of the molecule is Cc1cc(N2CCN(c3ccnc4cc(F)ccc34)CC2)n2ncnc2n1. The number of anilines is 2. The highest BCUT2D eigenvalue weighted by atomic mass is 19.1. The van der Waals surface area contributed by atoms with Gasteiger partial charge in [0.25, 0.3) is 5.78 Å². The van der Waals surface area contributed by atoms with Crippen LogP contribution >= 0.6 is 0 Å². The largest absolute Gasteiger partial charge is 0.367 e. The Hall–Kier alpha value is -3.29. The Kier molecular flexibility index (Phi) is 3.63. The number of aromatic nitrogens is 5. The first-order valence-corrected chi connectivity index (χ1v) is 8.90. The van der Waals surface area contributed by atoms with Gasteiger partial charge in [-0.3, -0.25) is 4.98 Å². The van der Waals surface area contributed by atoms with E-state index in [1.165, 1.54) is 18.5 Å². The molecule has 3 aromatic heterocycles. The number of piperazine rings is 1. The molecule has 5 rings (SSSR count). The number of pyridine rings is 1. The molecule has 136 valence electrons. The zero-order valence-electron chi connectivity index (χ0n) is 14.9. The van der Waals surface area contributed by atoms with Crippen molar-refractivity contribution in [3.8, 4) is 0 Å². The second-order valence-electron chi connectivity index (χ2n) is 6.69. The Bertz CT molecular complexity index is 1130. The Morgan fingerprint density at radius 2 is 1.78 bits per heavy atom.